The maximum absolute atomic E-state index is 12.5. The molecular weight excluding hydrogens is 272 g/mol. The summed E-state index contributed by atoms with van der Waals surface area (Å²) in [6.45, 7) is 1.97. The molecule has 0 spiro atoms. The maximum atomic E-state index is 12.5. The highest BCUT2D eigenvalue weighted by Crippen LogP contribution is 2.23. The van der Waals surface area contributed by atoms with Crippen molar-refractivity contribution in [3.05, 3.63) is 54.1 Å². The van der Waals surface area contributed by atoms with E-state index in [1.165, 1.54) is 4.31 Å². The average Bonchev–Trinajstić information content (AvgIpc) is 2.47. The van der Waals surface area contributed by atoms with Crippen LogP contribution < -0.4 is 9.62 Å². The number of benzene rings is 2. The number of hydrogen-bond acceptors (Lipinski definition) is 3. The third-order valence-corrected chi connectivity index (χ3v) is 5.00. The Hall–Kier alpha value is -2.01. The molecule has 0 unspecified atom stereocenters. The fourth-order valence-electron chi connectivity index (χ4n) is 1.85. The molecule has 20 heavy (non-hydrogen) atoms. The minimum atomic E-state index is -3.52. The third kappa shape index (κ3) is 2.77. The van der Waals surface area contributed by atoms with Crippen LogP contribution in [0.2, 0.25) is 0 Å². The predicted molar refractivity (Wildman–Crippen MR) is 82.8 cm³/mol. The van der Waals surface area contributed by atoms with Crippen LogP contribution in [0.1, 0.15) is 5.56 Å². The molecule has 0 aromatic heterocycles. The van der Waals surface area contributed by atoms with Crippen molar-refractivity contribution in [3.8, 4) is 0 Å². The van der Waals surface area contributed by atoms with E-state index < -0.39 is 10.0 Å². The number of hydrogen-bond donors (Lipinski definition) is 1. The second kappa shape index (κ2) is 5.54. The van der Waals surface area contributed by atoms with E-state index in [-0.39, 0.29) is 4.90 Å². The molecule has 0 saturated carbocycles. The molecule has 0 saturated heterocycles. The monoisotopic (exact) mass is 290 g/mol. The Kier molecular flexibility index (Phi) is 3.99. The lowest BCUT2D eigenvalue weighted by atomic mass is 10.2. The number of anilines is 2. The van der Waals surface area contributed by atoms with Crippen LogP contribution in [0.25, 0.3) is 0 Å². The SMILES string of the molecule is CNc1ccc(S(=O)(=O)N(C)c2ccc(C)cc2)cc1. The second-order valence-electron chi connectivity index (χ2n) is 4.58. The summed E-state index contributed by atoms with van der Waals surface area (Å²) in [5, 5.41) is 2.96. The van der Waals surface area contributed by atoms with Crippen molar-refractivity contribution in [2.45, 2.75) is 11.8 Å². The van der Waals surface area contributed by atoms with Crippen LogP contribution >= 0.6 is 0 Å². The summed E-state index contributed by atoms with van der Waals surface area (Å²) in [5.41, 5.74) is 2.62. The second-order valence-corrected chi connectivity index (χ2v) is 6.55. The summed E-state index contributed by atoms with van der Waals surface area (Å²) in [6, 6.07) is 14.1. The first-order chi connectivity index (χ1) is 9.45. The first-order valence-electron chi connectivity index (χ1n) is 6.28. The highest BCUT2D eigenvalue weighted by molar-refractivity contribution is 7.92. The van der Waals surface area contributed by atoms with Gasteiger partial charge in [-0.3, -0.25) is 4.31 Å². The van der Waals surface area contributed by atoms with E-state index in [1.807, 2.05) is 19.1 Å². The predicted octanol–water partition coefficient (Wildman–Crippen LogP) is 2.86. The van der Waals surface area contributed by atoms with Crippen molar-refractivity contribution in [2.75, 3.05) is 23.7 Å². The lowest BCUT2D eigenvalue weighted by molar-refractivity contribution is 0.594. The zero-order valence-corrected chi connectivity index (χ0v) is 12.6. The van der Waals surface area contributed by atoms with Crippen LogP contribution in [-0.4, -0.2) is 22.5 Å². The van der Waals surface area contributed by atoms with Crippen molar-refractivity contribution in [1.82, 2.24) is 0 Å². The van der Waals surface area contributed by atoms with Crippen LogP contribution in [0.5, 0.6) is 0 Å². The zero-order valence-electron chi connectivity index (χ0n) is 11.8. The van der Waals surface area contributed by atoms with Gasteiger partial charge < -0.3 is 5.32 Å². The lowest BCUT2D eigenvalue weighted by Crippen LogP contribution is -2.26. The molecule has 0 amide bonds. The molecule has 0 fully saturated rings. The zero-order chi connectivity index (χ0) is 14.8. The molecule has 5 heteroatoms. The Balaban J connectivity index is 2.35. The normalized spacial score (nSPS) is 11.2. The molecule has 0 bridgehead atoms. The molecule has 2 aromatic rings. The van der Waals surface area contributed by atoms with Crippen LogP contribution in [-0.2, 0) is 10.0 Å². The highest BCUT2D eigenvalue weighted by atomic mass is 32.2. The van der Waals surface area contributed by atoms with E-state index in [0.29, 0.717) is 5.69 Å². The summed E-state index contributed by atoms with van der Waals surface area (Å²) in [7, 11) is -0.169. The van der Waals surface area contributed by atoms with E-state index in [1.54, 1.807) is 50.5 Å². The summed E-state index contributed by atoms with van der Waals surface area (Å²) in [6.07, 6.45) is 0. The third-order valence-electron chi connectivity index (χ3n) is 3.20. The van der Waals surface area contributed by atoms with E-state index in [4.69, 9.17) is 0 Å². The highest BCUT2D eigenvalue weighted by Gasteiger charge is 2.20. The molecule has 2 aromatic carbocycles. The summed E-state index contributed by atoms with van der Waals surface area (Å²) >= 11 is 0. The number of rotatable bonds is 4. The van der Waals surface area contributed by atoms with Gasteiger partial charge in [0.05, 0.1) is 10.6 Å². The van der Waals surface area contributed by atoms with Gasteiger partial charge in [-0.05, 0) is 43.3 Å². The van der Waals surface area contributed by atoms with Crippen LogP contribution in [0.15, 0.2) is 53.4 Å². The van der Waals surface area contributed by atoms with Crippen molar-refractivity contribution in [2.24, 2.45) is 0 Å². The molecular formula is C15H18N2O2S. The molecule has 0 aliphatic carbocycles. The lowest BCUT2D eigenvalue weighted by Gasteiger charge is -2.19. The largest absolute Gasteiger partial charge is 0.388 e. The van der Waals surface area contributed by atoms with Gasteiger partial charge in [-0.1, -0.05) is 17.7 Å². The summed E-state index contributed by atoms with van der Waals surface area (Å²) in [4.78, 5) is 0.277. The maximum Gasteiger partial charge on any atom is 0.264 e. The van der Waals surface area contributed by atoms with E-state index >= 15 is 0 Å². The standard InChI is InChI=1S/C15H18N2O2S/c1-12-4-8-14(9-5-12)17(3)20(18,19)15-10-6-13(16-2)7-11-15/h4-11,16H,1-3H3. The van der Waals surface area contributed by atoms with Crippen molar-refractivity contribution >= 4 is 21.4 Å². The van der Waals surface area contributed by atoms with E-state index in [0.717, 1.165) is 11.3 Å². The Bertz CT molecular complexity index is 677. The number of nitrogens with one attached hydrogen (secondary N) is 1. The fourth-order valence-corrected chi connectivity index (χ4v) is 3.04. The Morgan fingerprint density at radius 1 is 0.950 bits per heavy atom. The molecule has 0 aliphatic rings. The van der Waals surface area contributed by atoms with E-state index in [2.05, 4.69) is 5.32 Å². The first kappa shape index (κ1) is 14.4. The van der Waals surface area contributed by atoms with Crippen LogP contribution in [0, 0.1) is 6.92 Å². The van der Waals surface area contributed by atoms with Gasteiger partial charge in [0.25, 0.3) is 10.0 Å². The molecule has 0 atom stereocenters. The number of aryl methyl sites for hydroxylation is 1. The van der Waals surface area contributed by atoms with Gasteiger partial charge in [0.1, 0.15) is 0 Å². The van der Waals surface area contributed by atoms with Gasteiger partial charge in [0.15, 0.2) is 0 Å². The van der Waals surface area contributed by atoms with E-state index in [9.17, 15) is 8.42 Å². The Morgan fingerprint density at radius 2 is 1.50 bits per heavy atom. The number of sulfonamides is 1. The van der Waals surface area contributed by atoms with Gasteiger partial charge in [0, 0.05) is 19.8 Å². The molecule has 106 valence electrons. The summed E-state index contributed by atoms with van der Waals surface area (Å²) < 4.78 is 26.3. The molecule has 4 nitrogen and oxygen atoms in total. The van der Waals surface area contributed by atoms with Gasteiger partial charge in [-0.25, -0.2) is 8.42 Å². The summed E-state index contributed by atoms with van der Waals surface area (Å²) in [5.74, 6) is 0. The van der Waals surface area contributed by atoms with Crippen molar-refractivity contribution in [3.63, 3.8) is 0 Å². The van der Waals surface area contributed by atoms with Gasteiger partial charge in [0.2, 0.25) is 0 Å². The van der Waals surface area contributed by atoms with Crippen molar-refractivity contribution < 1.29 is 8.42 Å². The molecule has 0 heterocycles. The minimum absolute atomic E-state index is 0.277. The van der Waals surface area contributed by atoms with Gasteiger partial charge in [-0.2, -0.15) is 0 Å². The smallest absolute Gasteiger partial charge is 0.264 e. The minimum Gasteiger partial charge on any atom is -0.388 e. The molecule has 1 N–H and O–H groups in total. The quantitative estimate of drug-likeness (QED) is 0.942. The van der Waals surface area contributed by atoms with Gasteiger partial charge >= 0.3 is 0 Å². The number of nitrogens with zero attached hydrogens (tertiary/aromatic N) is 1. The molecule has 2 rings (SSSR count). The average molecular weight is 290 g/mol. The Labute approximate surface area is 120 Å². The van der Waals surface area contributed by atoms with Crippen LogP contribution in [0.3, 0.4) is 0 Å². The fraction of sp³-hybridized carbons (Fsp3) is 0.200. The first-order valence-corrected chi connectivity index (χ1v) is 7.72. The Morgan fingerprint density at radius 3 is 2.00 bits per heavy atom. The van der Waals surface area contributed by atoms with Gasteiger partial charge in [-0.15, -0.1) is 0 Å². The molecule has 0 radical (unpaired) electrons. The van der Waals surface area contributed by atoms with Crippen LogP contribution in [0.4, 0.5) is 11.4 Å². The van der Waals surface area contributed by atoms with Crippen molar-refractivity contribution in [1.29, 1.82) is 0 Å². The molecule has 0 aliphatic heterocycles. The topological polar surface area (TPSA) is 49.4 Å².